The van der Waals surface area contributed by atoms with Gasteiger partial charge >= 0.3 is 0 Å². The predicted molar refractivity (Wildman–Crippen MR) is 121 cm³/mol. The van der Waals surface area contributed by atoms with Crippen LogP contribution in [0.1, 0.15) is 35.9 Å². The highest BCUT2D eigenvalue weighted by Gasteiger charge is 2.38. The molecule has 178 valence electrons. The number of aromatic nitrogens is 5. The summed E-state index contributed by atoms with van der Waals surface area (Å²) in [6.45, 7) is 3.11. The zero-order valence-corrected chi connectivity index (χ0v) is 19.6. The van der Waals surface area contributed by atoms with Gasteiger partial charge in [-0.05, 0) is 38.0 Å². The first-order valence-electron chi connectivity index (χ1n) is 10.7. The maximum Gasteiger partial charge on any atom is 0.270 e. The molecule has 0 atom stereocenters. The molecule has 1 N–H and O–H groups in total. The van der Waals surface area contributed by atoms with E-state index in [2.05, 4.69) is 30.2 Å². The van der Waals surface area contributed by atoms with Gasteiger partial charge in [0.15, 0.2) is 0 Å². The fourth-order valence-corrected chi connectivity index (χ4v) is 4.13. The summed E-state index contributed by atoms with van der Waals surface area (Å²) in [5.74, 6) is -0.0105. The third kappa shape index (κ3) is 5.18. The number of amides is 1. The Morgan fingerprint density at radius 1 is 1.12 bits per heavy atom. The van der Waals surface area contributed by atoms with Gasteiger partial charge in [-0.25, -0.2) is 23.4 Å². The average molecular weight is 485 g/mol. The van der Waals surface area contributed by atoms with Crippen LogP contribution in [0.4, 0.5) is 0 Å². The van der Waals surface area contributed by atoms with Crippen molar-refractivity contribution >= 4 is 15.7 Å². The lowest BCUT2D eigenvalue weighted by Gasteiger charge is -2.37. The third-order valence-corrected chi connectivity index (χ3v) is 6.21. The van der Waals surface area contributed by atoms with Crippen LogP contribution in [-0.4, -0.2) is 65.3 Å². The number of sulfone groups is 1. The zero-order valence-electron chi connectivity index (χ0n) is 18.8. The second kappa shape index (κ2) is 9.77. The van der Waals surface area contributed by atoms with Gasteiger partial charge in [0.2, 0.25) is 20.9 Å². The van der Waals surface area contributed by atoms with Crippen molar-refractivity contribution in [2.75, 3.05) is 26.1 Å². The number of carbonyl (C=O) groups is 1. The van der Waals surface area contributed by atoms with E-state index in [-0.39, 0.29) is 10.9 Å². The van der Waals surface area contributed by atoms with E-state index < -0.39 is 21.3 Å². The molecule has 34 heavy (non-hydrogen) atoms. The molecule has 11 nitrogen and oxygen atoms in total. The van der Waals surface area contributed by atoms with Crippen molar-refractivity contribution in [1.29, 1.82) is 0 Å². The van der Waals surface area contributed by atoms with E-state index in [4.69, 9.17) is 9.47 Å². The Morgan fingerprint density at radius 3 is 2.59 bits per heavy atom. The van der Waals surface area contributed by atoms with Crippen LogP contribution in [0, 0.1) is 0 Å². The molecular formula is C22H24N6O5S. The number of nitrogens with zero attached hydrogens (tertiary/aromatic N) is 5. The molecule has 12 heteroatoms. The number of hydrogen-bond donors (Lipinski definition) is 1. The number of hydrogen-bond acceptors (Lipinski definition) is 10. The monoisotopic (exact) mass is 484 g/mol. The highest BCUT2D eigenvalue weighted by molar-refractivity contribution is 7.90. The van der Waals surface area contributed by atoms with Crippen molar-refractivity contribution in [3.63, 3.8) is 0 Å². The van der Waals surface area contributed by atoms with Gasteiger partial charge < -0.3 is 14.8 Å². The van der Waals surface area contributed by atoms with E-state index in [1.165, 1.54) is 18.6 Å². The fraction of sp³-hybridized carbons (Fsp3) is 0.364. The van der Waals surface area contributed by atoms with E-state index in [9.17, 15) is 13.2 Å². The topological polar surface area (TPSA) is 146 Å². The van der Waals surface area contributed by atoms with Gasteiger partial charge in [0.25, 0.3) is 5.91 Å². The van der Waals surface area contributed by atoms with Gasteiger partial charge in [-0.1, -0.05) is 0 Å². The molecule has 0 saturated carbocycles. The predicted octanol–water partition coefficient (Wildman–Crippen LogP) is 1.57. The van der Waals surface area contributed by atoms with Crippen molar-refractivity contribution in [3.05, 3.63) is 54.4 Å². The van der Waals surface area contributed by atoms with Crippen LogP contribution < -0.4 is 10.1 Å². The molecule has 1 aliphatic rings. The fourth-order valence-electron chi connectivity index (χ4n) is 3.62. The van der Waals surface area contributed by atoms with Crippen LogP contribution in [-0.2, 0) is 20.1 Å². The molecule has 4 heterocycles. The summed E-state index contributed by atoms with van der Waals surface area (Å²) in [6.07, 6.45) is 7.93. The summed E-state index contributed by atoms with van der Waals surface area (Å²) >= 11 is 0. The molecule has 0 bridgehead atoms. The van der Waals surface area contributed by atoms with E-state index in [0.717, 1.165) is 6.26 Å². The SMILES string of the molecule is CCOc1cncc(-c2ccc(C(=O)NC3(c4ccnc(S(C)(=O)=O)n4)CCOCC3)nc2)n1. The number of carbonyl (C=O) groups excluding carboxylic acids is 1. The van der Waals surface area contributed by atoms with Crippen molar-refractivity contribution in [2.24, 2.45) is 0 Å². The molecule has 1 amide bonds. The molecule has 0 aliphatic carbocycles. The first kappa shape index (κ1) is 23.6. The minimum atomic E-state index is -3.61. The maximum atomic E-state index is 13.1. The van der Waals surface area contributed by atoms with Crippen molar-refractivity contribution in [2.45, 2.75) is 30.5 Å². The third-order valence-electron chi connectivity index (χ3n) is 5.35. The highest BCUT2D eigenvalue weighted by atomic mass is 32.2. The van der Waals surface area contributed by atoms with Crippen LogP contribution in [0.5, 0.6) is 5.88 Å². The summed E-state index contributed by atoms with van der Waals surface area (Å²) in [5.41, 5.74) is 0.954. The lowest BCUT2D eigenvalue weighted by Crippen LogP contribution is -2.50. The summed E-state index contributed by atoms with van der Waals surface area (Å²) in [7, 11) is -3.61. The number of nitrogens with one attached hydrogen (secondary N) is 1. The summed E-state index contributed by atoms with van der Waals surface area (Å²) in [4.78, 5) is 34.0. The maximum absolute atomic E-state index is 13.1. The molecule has 0 spiro atoms. The van der Waals surface area contributed by atoms with Crippen molar-refractivity contribution < 1.29 is 22.7 Å². The lowest BCUT2D eigenvalue weighted by atomic mass is 9.86. The lowest BCUT2D eigenvalue weighted by molar-refractivity contribution is 0.0326. The largest absolute Gasteiger partial charge is 0.477 e. The molecule has 1 aliphatic heterocycles. The van der Waals surface area contributed by atoms with E-state index in [1.54, 1.807) is 24.4 Å². The molecule has 3 aromatic heterocycles. The number of rotatable bonds is 7. The molecular weight excluding hydrogens is 460 g/mol. The Kier molecular flexibility index (Phi) is 6.80. The molecule has 0 unspecified atom stereocenters. The first-order valence-corrected chi connectivity index (χ1v) is 12.5. The Balaban J connectivity index is 1.59. The van der Waals surface area contributed by atoms with Gasteiger partial charge in [-0.15, -0.1) is 0 Å². The van der Waals surface area contributed by atoms with Crippen molar-refractivity contribution in [3.8, 4) is 17.1 Å². The minimum Gasteiger partial charge on any atom is -0.477 e. The average Bonchev–Trinajstić information content (AvgIpc) is 2.85. The van der Waals surface area contributed by atoms with Crippen LogP contribution in [0.25, 0.3) is 11.3 Å². The molecule has 0 aromatic carbocycles. The Morgan fingerprint density at radius 2 is 1.91 bits per heavy atom. The quantitative estimate of drug-likeness (QED) is 0.490. The smallest absolute Gasteiger partial charge is 0.270 e. The standard InChI is InChI=1S/C22H24N6O5S/c1-3-33-19-14-23-13-17(26-19)15-4-5-16(25-12-15)20(29)28-22(7-10-32-11-8-22)18-6-9-24-21(27-18)34(2,30)31/h4-6,9,12-14H,3,7-8,10-11H2,1-2H3,(H,28,29). The number of ether oxygens (including phenoxy) is 2. The van der Waals surface area contributed by atoms with Crippen LogP contribution >= 0.6 is 0 Å². The Bertz CT molecular complexity index is 1280. The highest BCUT2D eigenvalue weighted by Crippen LogP contribution is 2.31. The molecule has 1 fully saturated rings. The zero-order chi connectivity index (χ0) is 24.2. The van der Waals surface area contributed by atoms with Gasteiger partial charge in [-0.3, -0.25) is 14.8 Å². The normalized spacial score (nSPS) is 15.5. The van der Waals surface area contributed by atoms with Crippen molar-refractivity contribution in [1.82, 2.24) is 30.2 Å². The van der Waals surface area contributed by atoms with Crippen LogP contribution in [0.3, 0.4) is 0 Å². The molecule has 1 saturated heterocycles. The van der Waals surface area contributed by atoms with E-state index >= 15 is 0 Å². The van der Waals surface area contributed by atoms with E-state index in [1.807, 2.05) is 6.92 Å². The summed E-state index contributed by atoms with van der Waals surface area (Å²) in [5, 5.41) is 2.73. The Hall–Kier alpha value is -3.51. The van der Waals surface area contributed by atoms with Gasteiger partial charge in [0.05, 0.1) is 35.9 Å². The second-order valence-electron chi connectivity index (χ2n) is 7.75. The molecule has 3 aromatic rings. The van der Waals surface area contributed by atoms with Gasteiger partial charge in [-0.2, -0.15) is 0 Å². The van der Waals surface area contributed by atoms with Gasteiger partial charge in [0.1, 0.15) is 5.69 Å². The van der Waals surface area contributed by atoms with E-state index in [0.29, 0.717) is 55.5 Å². The molecule has 4 rings (SSSR count). The summed E-state index contributed by atoms with van der Waals surface area (Å²) < 4.78 is 34.8. The second-order valence-corrected chi connectivity index (χ2v) is 9.66. The first-order chi connectivity index (χ1) is 16.3. The Labute approximate surface area is 196 Å². The van der Waals surface area contributed by atoms with Crippen LogP contribution in [0.15, 0.2) is 48.1 Å². The summed E-state index contributed by atoms with van der Waals surface area (Å²) in [6, 6.07) is 4.93. The minimum absolute atomic E-state index is 0.195. The molecule has 0 radical (unpaired) electrons. The number of pyridine rings is 1. The van der Waals surface area contributed by atoms with Crippen LogP contribution in [0.2, 0.25) is 0 Å². The van der Waals surface area contributed by atoms with Gasteiger partial charge in [0, 0.05) is 37.4 Å².